The molecule has 3 rings (SSSR count). The molecule has 0 amide bonds. The van der Waals surface area contributed by atoms with Crippen LogP contribution in [0.15, 0.2) is 47.4 Å². The molecule has 1 aliphatic heterocycles. The lowest BCUT2D eigenvalue weighted by molar-refractivity contribution is 0.146. The molecular formula is C19H23NO4S. The number of sulfonamides is 1. The van der Waals surface area contributed by atoms with Gasteiger partial charge in [0, 0.05) is 13.7 Å². The molecule has 0 aromatic heterocycles. The first-order chi connectivity index (χ1) is 12.0. The fourth-order valence-electron chi connectivity index (χ4n) is 3.02. The van der Waals surface area contributed by atoms with Gasteiger partial charge in [-0.2, -0.15) is 0 Å². The molecule has 1 heterocycles. The molecule has 0 aliphatic carbocycles. The molecule has 25 heavy (non-hydrogen) atoms. The van der Waals surface area contributed by atoms with Gasteiger partial charge < -0.3 is 9.47 Å². The fraction of sp³-hybridized carbons (Fsp3) is 0.368. The monoisotopic (exact) mass is 361 g/mol. The van der Waals surface area contributed by atoms with Gasteiger partial charge in [0.25, 0.3) is 10.0 Å². The third-order valence-corrected chi connectivity index (χ3v) is 6.11. The quantitative estimate of drug-likeness (QED) is 0.742. The van der Waals surface area contributed by atoms with Crippen LogP contribution in [-0.4, -0.2) is 35.3 Å². The Balaban J connectivity index is 1.85. The van der Waals surface area contributed by atoms with Gasteiger partial charge in [0.2, 0.25) is 0 Å². The standard InChI is InChI=1S/C19H23NO4S/c1-15-5-10-19-16(14-15)4-3-11-20(19)25(21,22)18-8-6-17(7-9-18)24-13-12-23-2/h5-10,14H,3-4,11-13H2,1-2H3. The van der Waals surface area contributed by atoms with E-state index in [0.717, 1.165) is 29.7 Å². The number of anilines is 1. The van der Waals surface area contributed by atoms with Gasteiger partial charge in [0.1, 0.15) is 12.4 Å². The van der Waals surface area contributed by atoms with Crippen LogP contribution in [0.2, 0.25) is 0 Å². The van der Waals surface area contributed by atoms with Crippen LogP contribution in [0, 0.1) is 6.92 Å². The van der Waals surface area contributed by atoms with Crippen molar-refractivity contribution >= 4 is 15.7 Å². The highest BCUT2D eigenvalue weighted by Gasteiger charge is 2.29. The van der Waals surface area contributed by atoms with Crippen LogP contribution in [0.4, 0.5) is 5.69 Å². The first-order valence-corrected chi connectivity index (χ1v) is 9.80. The molecule has 0 unspecified atom stereocenters. The first-order valence-electron chi connectivity index (χ1n) is 8.36. The summed E-state index contributed by atoms with van der Waals surface area (Å²) in [5.74, 6) is 0.630. The van der Waals surface area contributed by atoms with Crippen molar-refractivity contribution < 1.29 is 17.9 Å². The van der Waals surface area contributed by atoms with Gasteiger partial charge in [-0.15, -0.1) is 0 Å². The lowest BCUT2D eigenvalue weighted by Gasteiger charge is -2.30. The Hall–Kier alpha value is -2.05. The number of methoxy groups -OCH3 is 1. The average molecular weight is 361 g/mol. The molecule has 0 radical (unpaired) electrons. The highest BCUT2D eigenvalue weighted by molar-refractivity contribution is 7.92. The predicted molar refractivity (Wildman–Crippen MR) is 97.8 cm³/mol. The van der Waals surface area contributed by atoms with Crippen molar-refractivity contribution in [1.82, 2.24) is 0 Å². The molecule has 0 bridgehead atoms. The molecular weight excluding hydrogens is 338 g/mol. The minimum absolute atomic E-state index is 0.278. The van der Waals surface area contributed by atoms with E-state index >= 15 is 0 Å². The molecule has 0 N–H and O–H groups in total. The van der Waals surface area contributed by atoms with Crippen LogP contribution >= 0.6 is 0 Å². The number of rotatable bonds is 6. The number of aryl methyl sites for hydroxylation is 2. The van der Waals surface area contributed by atoms with Gasteiger partial charge in [-0.25, -0.2) is 8.42 Å². The Morgan fingerprint density at radius 3 is 2.56 bits per heavy atom. The maximum Gasteiger partial charge on any atom is 0.264 e. The Labute approximate surface area is 149 Å². The summed E-state index contributed by atoms with van der Waals surface area (Å²) in [7, 11) is -1.97. The van der Waals surface area contributed by atoms with Gasteiger partial charge >= 0.3 is 0 Å². The summed E-state index contributed by atoms with van der Waals surface area (Å²) < 4.78 is 38.1. The van der Waals surface area contributed by atoms with E-state index < -0.39 is 10.0 Å². The minimum Gasteiger partial charge on any atom is -0.491 e. The molecule has 0 spiro atoms. The van der Waals surface area contributed by atoms with Crippen molar-refractivity contribution in [3.05, 3.63) is 53.6 Å². The largest absolute Gasteiger partial charge is 0.491 e. The summed E-state index contributed by atoms with van der Waals surface area (Å²) in [6.07, 6.45) is 1.74. The summed E-state index contributed by atoms with van der Waals surface area (Å²) in [4.78, 5) is 0.278. The van der Waals surface area contributed by atoms with E-state index in [4.69, 9.17) is 9.47 Å². The molecule has 134 valence electrons. The van der Waals surface area contributed by atoms with E-state index in [1.807, 2.05) is 19.1 Å². The van der Waals surface area contributed by atoms with E-state index in [9.17, 15) is 8.42 Å². The minimum atomic E-state index is -3.58. The predicted octanol–water partition coefficient (Wildman–Crippen LogP) is 3.16. The summed E-state index contributed by atoms with van der Waals surface area (Å²) in [5, 5.41) is 0. The van der Waals surface area contributed by atoms with Crippen molar-refractivity contribution in [3.63, 3.8) is 0 Å². The number of fused-ring (bicyclic) bond motifs is 1. The van der Waals surface area contributed by atoms with E-state index in [1.165, 1.54) is 4.31 Å². The van der Waals surface area contributed by atoms with Crippen LogP contribution in [0.5, 0.6) is 5.75 Å². The summed E-state index contributed by atoms with van der Waals surface area (Å²) >= 11 is 0. The van der Waals surface area contributed by atoms with E-state index in [-0.39, 0.29) is 4.90 Å². The van der Waals surface area contributed by atoms with Crippen molar-refractivity contribution in [3.8, 4) is 5.75 Å². The molecule has 0 saturated carbocycles. The summed E-state index contributed by atoms with van der Waals surface area (Å²) in [5.41, 5.74) is 3.03. The zero-order valence-corrected chi connectivity index (χ0v) is 15.4. The maximum atomic E-state index is 13.1. The second kappa shape index (κ2) is 7.45. The van der Waals surface area contributed by atoms with Crippen LogP contribution in [-0.2, 0) is 21.2 Å². The number of nitrogens with zero attached hydrogens (tertiary/aromatic N) is 1. The normalized spacial score (nSPS) is 14.2. The molecule has 6 heteroatoms. The van der Waals surface area contributed by atoms with Crippen LogP contribution in [0.25, 0.3) is 0 Å². The zero-order chi connectivity index (χ0) is 17.9. The third kappa shape index (κ3) is 3.80. The van der Waals surface area contributed by atoms with Crippen molar-refractivity contribution in [2.45, 2.75) is 24.7 Å². The smallest absolute Gasteiger partial charge is 0.264 e. The molecule has 0 atom stereocenters. The first kappa shape index (κ1) is 17.8. The van der Waals surface area contributed by atoms with Gasteiger partial charge in [-0.3, -0.25) is 4.31 Å². The SMILES string of the molecule is COCCOc1ccc(S(=O)(=O)N2CCCc3cc(C)ccc32)cc1. The van der Waals surface area contributed by atoms with Crippen LogP contribution < -0.4 is 9.04 Å². The van der Waals surface area contributed by atoms with E-state index in [1.54, 1.807) is 31.4 Å². The highest BCUT2D eigenvalue weighted by atomic mass is 32.2. The Bertz CT molecular complexity index is 831. The summed E-state index contributed by atoms with van der Waals surface area (Å²) in [6.45, 7) is 3.45. The third-order valence-electron chi connectivity index (χ3n) is 4.28. The Morgan fingerprint density at radius 2 is 1.84 bits per heavy atom. The van der Waals surface area contributed by atoms with Gasteiger partial charge in [0.05, 0.1) is 17.2 Å². The molecule has 0 fully saturated rings. The average Bonchev–Trinajstić information content (AvgIpc) is 2.61. The second-order valence-corrected chi connectivity index (χ2v) is 7.99. The molecule has 2 aromatic rings. The Morgan fingerprint density at radius 1 is 1.08 bits per heavy atom. The van der Waals surface area contributed by atoms with Crippen molar-refractivity contribution in [2.24, 2.45) is 0 Å². The van der Waals surface area contributed by atoms with Gasteiger partial charge in [-0.1, -0.05) is 17.7 Å². The van der Waals surface area contributed by atoms with Crippen LogP contribution in [0.3, 0.4) is 0 Å². The van der Waals surface area contributed by atoms with Crippen molar-refractivity contribution in [1.29, 1.82) is 0 Å². The number of benzene rings is 2. The lowest BCUT2D eigenvalue weighted by atomic mass is 10.0. The van der Waals surface area contributed by atoms with E-state index in [0.29, 0.717) is 25.5 Å². The molecule has 1 aliphatic rings. The van der Waals surface area contributed by atoms with Crippen molar-refractivity contribution in [2.75, 3.05) is 31.2 Å². The fourth-order valence-corrected chi connectivity index (χ4v) is 4.56. The highest BCUT2D eigenvalue weighted by Crippen LogP contribution is 2.33. The number of ether oxygens (including phenoxy) is 2. The van der Waals surface area contributed by atoms with E-state index in [2.05, 4.69) is 6.07 Å². The van der Waals surface area contributed by atoms with Crippen LogP contribution in [0.1, 0.15) is 17.5 Å². The topological polar surface area (TPSA) is 55.8 Å². The maximum absolute atomic E-state index is 13.1. The van der Waals surface area contributed by atoms with Gasteiger partial charge in [0.15, 0.2) is 0 Å². The molecule has 0 saturated heterocycles. The second-order valence-electron chi connectivity index (χ2n) is 6.13. The lowest BCUT2D eigenvalue weighted by Crippen LogP contribution is -2.35. The zero-order valence-electron chi connectivity index (χ0n) is 14.6. The summed E-state index contributed by atoms with van der Waals surface area (Å²) in [6, 6.07) is 12.5. The molecule has 5 nitrogen and oxygen atoms in total. The number of hydrogen-bond acceptors (Lipinski definition) is 4. The van der Waals surface area contributed by atoms with Gasteiger partial charge in [-0.05, 0) is 55.7 Å². The molecule has 2 aromatic carbocycles. The Kier molecular flexibility index (Phi) is 5.30. The number of hydrogen-bond donors (Lipinski definition) is 0.